The van der Waals surface area contributed by atoms with E-state index in [1.54, 1.807) is 0 Å². The van der Waals surface area contributed by atoms with Crippen molar-refractivity contribution in [2.45, 2.75) is 82.5 Å². The van der Waals surface area contributed by atoms with Crippen LogP contribution >= 0.6 is 0 Å². The third-order valence-electron chi connectivity index (χ3n) is 6.20. The molecule has 0 saturated carbocycles. The van der Waals surface area contributed by atoms with Crippen LogP contribution in [0, 0.1) is 11.8 Å². The summed E-state index contributed by atoms with van der Waals surface area (Å²) in [6.45, 7) is 3.96. The van der Waals surface area contributed by atoms with Gasteiger partial charge >= 0.3 is 5.97 Å². The third-order valence-corrected chi connectivity index (χ3v) is 6.20. The Morgan fingerprint density at radius 3 is 2.79 bits per heavy atom. The van der Waals surface area contributed by atoms with E-state index in [0.29, 0.717) is 6.42 Å². The Labute approximate surface area is 143 Å². The molecule has 3 rings (SSSR count). The number of carbonyl (C=O) groups is 2. The van der Waals surface area contributed by atoms with E-state index >= 15 is 0 Å². The van der Waals surface area contributed by atoms with E-state index in [1.165, 1.54) is 0 Å². The monoisotopic (exact) mass is 335 g/mol. The van der Waals surface area contributed by atoms with Gasteiger partial charge < -0.3 is 15.2 Å². The van der Waals surface area contributed by atoms with E-state index in [2.05, 4.69) is 12.2 Å². The molecular weight excluding hydrogens is 306 g/mol. The maximum absolute atomic E-state index is 12.6. The third kappa shape index (κ3) is 2.40. The minimum Gasteiger partial charge on any atom is -0.453 e. The molecule has 2 aliphatic heterocycles. The molecule has 0 aromatic heterocycles. The molecule has 0 unspecified atom stereocenters. The summed E-state index contributed by atoms with van der Waals surface area (Å²) in [4.78, 5) is 24.9. The zero-order chi connectivity index (χ0) is 17.4. The largest absolute Gasteiger partial charge is 0.453 e. The van der Waals surface area contributed by atoms with Gasteiger partial charge in [0.15, 0.2) is 5.60 Å². The Hall–Kier alpha value is -1.36. The fourth-order valence-corrected chi connectivity index (χ4v) is 4.66. The molecule has 1 amide bonds. The van der Waals surface area contributed by atoms with Gasteiger partial charge in [-0.3, -0.25) is 4.79 Å². The second-order valence-corrected chi connectivity index (χ2v) is 7.66. The molecule has 5 nitrogen and oxygen atoms in total. The van der Waals surface area contributed by atoms with Crippen molar-refractivity contribution >= 4 is 11.9 Å². The van der Waals surface area contributed by atoms with Crippen LogP contribution in [-0.4, -0.2) is 34.2 Å². The first-order valence-electron chi connectivity index (χ1n) is 9.37. The number of hydrogen-bond acceptors (Lipinski definition) is 4. The SMILES string of the molecule is CCCCCC[C@@H]1C(=O)N[C@]2([C@H](O)[C@H]3C=CCCC3)C(=O)O[C@]12C. The number of amides is 1. The number of aliphatic hydroxyl groups is 1. The summed E-state index contributed by atoms with van der Waals surface area (Å²) in [6.07, 6.45) is 10.9. The maximum Gasteiger partial charge on any atom is 0.339 e. The van der Waals surface area contributed by atoms with Crippen LogP contribution in [0.15, 0.2) is 12.2 Å². The van der Waals surface area contributed by atoms with Crippen molar-refractivity contribution in [3.8, 4) is 0 Å². The van der Waals surface area contributed by atoms with Crippen molar-refractivity contribution in [3.05, 3.63) is 12.2 Å². The highest BCUT2D eigenvalue weighted by Gasteiger charge is 2.79. The topological polar surface area (TPSA) is 75.6 Å². The fraction of sp³-hybridized carbons (Fsp3) is 0.789. The summed E-state index contributed by atoms with van der Waals surface area (Å²) in [6, 6.07) is 0. The van der Waals surface area contributed by atoms with Crippen molar-refractivity contribution < 1.29 is 19.4 Å². The van der Waals surface area contributed by atoms with Gasteiger partial charge in [-0.15, -0.1) is 0 Å². The number of carbonyl (C=O) groups excluding carboxylic acids is 2. The minimum atomic E-state index is -1.27. The van der Waals surface area contributed by atoms with Crippen molar-refractivity contribution in [2.24, 2.45) is 11.8 Å². The molecule has 24 heavy (non-hydrogen) atoms. The smallest absolute Gasteiger partial charge is 0.339 e. The Morgan fingerprint density at radius 1 is 1.38 bits per heavy atom. The van der Waals surface area contributed by atoms with Gasteiger partial charge in [-0.1, -0.05) is 44.8 Å². The van der Waals surface area contributed by atoms with E-state index in [9.17, 15) is 14.7 Å². The molecule has 2 saturated heterocycles. The predicted molar refractivity (Wildman–Crippen MR) is 90.1 cm³/mol. The highest BCUT2D eigenvalue weighted by molar-refractivity contribution is 6.01. The second kappa shape index (κ2) is 6.51. The number of rotatable bonds is 7. The molecule has 3 aliphatic rings. The maximum atomic E-state index is 12.6. The van der Waals surface area contributed by atoms with Gasteiger partial charge in [0.2, 0.25) is 11.4 Å². The highest BCUT2D eigenvalue weighted by Crippen LogP contribution is 2.53. The van der Waals surface area contributed by atoms with E-state index in [4.69, 9.17) is 4.74 Å². The van der Waals surface area contributed by atoms with Crippen LogP contribution in [0.2, 0.25) is 0 Å². The molecule has 134 valence electrons. The average molecular weight is 335 g/mol. The summed E-state index contributed by atoms with van der Waals surface area (Å²) in [5.41, 5.74) is -2.20. The second-order valence-electron chi connectivity index (χ2n) is 7.66. The van der Waals surface area contributed by atoms with Crippen molar-refractivity contribution in [1.82, 2.24) is 5.32 Å². The van der Waals surface area contributed by atoms with E-state index in [1.807, 2.05) is 19.1 Å². The molecule has 0 aromatic rings. The summed E-state index contributed by atoms with van der Waals surface area (Å²) in [5, 5.41) is 13.8. The number of esters is 1. The Bertz CT molecular complexity index is 545. The Balaban J connectivity index is 1.79. The lowest BCUT2D eigenvalue weighted by Crippen LogP contribution is -2.80. The molecule has 0 spiro atoms. The first-order chi connectivity index (χ1) is 11.5. The van der Waals surface area contributed by atoms with Gasteiger partial charge in [0, 0.05) is 5.92 Å². The molecule has 1 aliphatic carbocycles. The number of allylic oxidation sites excluding steroid dienone is 1. The summed E-state index contributed by atoms with van der Waals surface area (Å²) in [5.74, 6) is -1.11. The van der Waals surface area contributed by atoms with Gasteiger partial charge in [0.1, 0.15) is 0 Å². The molecule has 5 heteroatoms. The van der Waals surface area contributed by atoms with Crippen molar-refractivity contribution in [3.63, 3.8) is 0 Å². The Kier molecular flexibility index (Phi) is 4.73. The Morgan fingerprint density at radius 2 is 2.17 bits per heavy atom. The van der Waals surface area contributed by atoms with Gasteiger partial charge in [-0.05, 0) is 32.6 Å². The van der Waals surface area contributed by atoms with Gasteiger partial charge in [0.25, 0.3) is 0 Å². The van der Waals surface area contributed by atoms with Gasteiger partial charge in [-0.25, -0.2) is 4.79 Å². The van der Waals surface area contributed by atoms with E-state index in [-0.39, 0.29) is 17.7 Å². The molecule has 5 atom stereocenters. The molecule has 0 aromatic carbocycles. The molecule has 2 N–H and O–H groups in total. The zero-order valence-corrected chi connectivity index (χ0v) is 14.7. The number of unbranched alkanes of at least 4 members (excludes halogenated alkanes) is 3. The van der Waals surface area contributed by atoms with Crippen LogP contribution in [0.4, 0.5) is 0 Å². The number of nitrogens with one attached hydrogen (secondary N) is 1. The van der Waals surface area contributed by atoms with Crippen LogP contribution in [0.25, 0.3) is 0 Å². The molecule has 2 heterocycles. The summed E-state index contributed by atoms with van der Waals surface area (Å²) >= 11 is 0. The van der Waals surface area contributed by atoms with E-state index in [0.717, 1.165) is 44.9 Å². The number of ether oxygens (including phenoxy) is 1. The lowest BCUT2D eigenvalue weighted by Gasteiger charge is -2.54. The normalized spacial score (nSPS) is 39.0. The van der Waals surface area contributed by atoms with Crippen LogP contribution in [0.5, 0.6) is 0 Å². The predicted octanol–water partition coefficient (Wildman–Crippen LogP) is 2.47. The lowest BCUT2D eigenvalue weighted by molar-refractivity contribution is -0.238. The van der Waals surface area contributed by atoms with Crippen LogP contribution in [-0.2, 0) is 14.3 Å². The first kappa shape index (κ1) is 17.5. The van der Waals surface area contributed by atoms with E-state index < -0.39 is 23.2 Å². The molecule has 0 bridgehead atoms. The summed E-state index contributed by atoms with van der Waals surface area (Å²) in [7, 11) is 0. The van der Waals surface area contributed by atoms with Crippen molar-refractivity contribution in [1.29, 1.82) is 0 Å². The zero-order valence-electron chi connectivity index (χ0n) is 14.7. The van der Waals surface area contributed by atoms with Crippen LogP contribution in [0.1, 0.15) is 65.2 Å². The molecule has 2 fully saturated rings. The van der Waals surface area contributed by atoms with Crippen LogP contribution < -0.4 is 5.32 Å². The molecule has 0 radical (unpaired) electrons. The van der Waals surface area contributed by atoms with Gasteiger partial charge in [-0.2, -0.15) is 0 Å². The highest BCUT2D eigenvalue weighted by atomic mass is 16.6. The lowest BCUT2D eigenvalue weighted by atomic mass is 9.64. The number of aliphatic hydroxyl groups excluding tert-OH is 1. The fourth-order valence-electron chi connectivity index (χ4n) is 4.66. The quantitative estimate of drug-likeness (QED) is 0.426. The standard InChI is InChI=1S/C19H29NO4/c1-3-4-5-9-12-14-16(22)20-19(17(23)24-18(14,19)2)15(21)13-10-7-6-8-11-13/h7,10,13-15,21H,3-6,8-9,11-12H2,1-2H3,(H,20,22)/t13-,14+,15+,18+,19+/m0/s1. The molecular formula is C19H29NO4. The minimum absolute atomic E-state index is 0.106. The van der Waals surface area contributed by atoms with Gasteiger partial charge in [0.05, 0.1) is 12.0 Å². The summed E-state index contributed by atoms with van der Waals surface area (Å²) < 4.78 is 5.50. The average Bonchev–Trinajstić information content (AvgIpc) is 2.76. The number of hydrogen-bond donors (Lipinski definition) is 2. The first-order valence-corrected chi connectivity index (χ1v) is 9.37. The number of fused-ring (bicyclic) bond motifs is 1. The van der Waals surface area contributed by atoms with Crippen molar-refractivity contribution in [2.75, 3.05) is 0 Å². The van der Waals surface area contributed by atoms with Crippen LogP contribution in [0.3, 0.4) is 0 Å².